The fourth-order valence-corrected chi connectivity index (χ4v) is 3.43. The standard InChI is InChI=1S/C17H26N4O/c1-14-4-3-7-18-16(14)20-8-5-15(6-9-20)17(22)21-12-10-19(2)11-13-21/h3-4,7,15H,5-6,8-13H2,1-2H3. The minimum absolute atomic E-state index is 0.198. The first-order chi connectivity index (χ1) is 10.6. The van der Waals surface area contributed by atoms with Gasteiger partial charge in [0.05, 0.1) is 0 Å². The number of nitrogens with zero attached hydrogens (tertiary/aromatic N) is 4. The van der Waals surface area contributed by atoms with Gasteiger partial charge in [-0.1, -0.05) is 6.07 Å². The molecule has 2 aliphatic heterocycles. The number of anilines is 1. The van der Waals surface area contributed by atoms with Gasteiger partial charge in [-0.15, -0.1) is 0 Å². The van der Waals surface area contributed by atoms with Gasteiger partial charge < -0.3 is 14.7 Å². The fraction of sp³-hybridized carbons (Fsp3) is 0.647. The first-order valence-corrected chi connectivity index (χ1v) is 8.29. The Bertz CT molecular complexity index is 517. The lowest BCUT2D eigenvalue weighted by atomic mass is 9.94. The van der Waals surface area contributed by atoms with Gasteiger partial charge in [0.25, 0.3) is 0 Å². The minimum Gasteiger partial charge on any atom is -0.356 e. The highest BCUT2D eigenvalue weighted by Crippen LogP contribution is 2.25. The van der Waals surface area contributed by atoms with E-state index in [4.69, 9.17) is 0 Å². The molecule has 0 unspecified atom stereocenters. The Morgan fingerprint density at radius 1 is 1.14 bits per heavy atom. The largest absolute Gasteiger partial charge is 0.356 e. The summed E-state index contributed by atoms with van der Waals surface area (Å²) >= 11 is 0. The Morgan fingerprint density at radius 3 is 2.45 bits per heavy atom. The van der Waals surface area contributed by atoms with Crippen LogP contribution in [0.15, 0.2) is 18.3 Å². The Kier molecular flexibility index (Phi) is 4.62. The second-order valence-electron chi connectivity index (χ2n) is 6.53. The Morgan fingerprint density at radius 2 is 1.82 bits per heavy atom. The molecule has 5 heteroatoms. The number of aromatic nitrogens is 1. The number of carbonyl (C=O) groups excluding carboxylic acids is 1. The first-order valence-electron chi connectivity index (χ1n) is 8.29. The average Bonchev–Trinajstić information content (AvgIpc) is 2.56. The van der Waals surface area contributed by atoms with Crippen molar-refractivity contribution in [2.75, 3.05) is 51.2 Å². The summed E-state index contributed by atoms with van der Waals surface area (Å²) in [6.07, 6.45) is 3.74. The molecular weight excluding hydrogens is 276 g/mol. The van der Waals surface area contributed by atoms with Crippen LogP contribution in [0.3, 0.4) is 0 Å². The van der Waals surface area contributed by atoms with E-state index in [9.17, 15) is 4.79 Å². The normalized spacial score (nSPS) is 21.2. The molecular formula is C17H26N4O. The predicted molar refractivity (Wildman–Crippen MR) is 88.0 cm³/mol. The fourth-order valence-electron chi connectivity index (χ4n) is 3.43. The van der Waals surface area contributed by atoms with Crippen molar-refractivity contribution >= 4 is 11.7 Å². The highest BCUT2D eigenvalue weighted by Gasteiger charge is 2.30. The van der Waals surface area contributed by atoms with Crippen LogP contribution in [0.1, 0.15) is 18.4 Å². The lowest BCUT2D eigenvalue weighted by molar-refractivity contribution is -0.137. The maximum absolute atomic E-state index is 12.6. The third-order valence-electron chi connectivity index (χ3n) is 4.94. The van der Waals surface area contributed by atoms with Gasteiger partial charge in [-0.05, 0) is 38.4 Å². The van der Waals surface area contributed by atoms with E-state index in [1.807, 2.05) is 12.3 Å². The second kappa shape index (κ2) is 6.65. The second-order valence-corrected chi connectivity index (χ2v) is 6.53. The van der Waals surface area contributed by atoms with Gasteiger partial charge in [0.2, 0.25) is 5.91 Å². The van der Waals surface area contributed by atoms with Gasteiger partial charge in [-0.25, -0.2) is 4.98 Å². The van der Waals surface area contributed by atoms with Crippen LogP contribution in [0, 0.1) is 12.8 Å². The van der Waals surface area contributed by atoms with E-state index < -0.39 is 0 Å². The van der Waals surface area contributed by atoms with E-state index in [2.05, 4.69) is 39.7 Å². The molecule has 3 rings (SSSR count). The molecule has 1 aromatic rings. The zero-order chi connectivity index (χ0) is 15.5. The maximum Gasteiger partial charge on any atom is 0.225 e. The monoisotopic (exact) mass is 302 g/mol. The molecule has 0 atom stereocenters. The molecule has 1 amide bonds. The smallest absolute Gasteiger partial charge is 0.225 e. The Labute approximate surface area is 132 Å². The molecule has 0 radical (unpaired) electrons. The molecule has 0 aromatic carbocycles. The summed E-state index contributed by atoms with van der Waals surface area (Å²) in [5, 5.41) is 0. The SMILES string of the molecule is Cc1cccnc1N1CCC(C(=O)N2CCN(C)CC2)CC1. The molecule has 0 aliphatic carbocycles. The molecule has 2 aliphatic rings. The summed E-state index contributed by atoms with van der Waals surface area (Å²) < 4.78 is 0. The number of rotatable bonds is 2. The highest BCUT2D eigenvalue weighted by molar-refractivity contribution is 5.79. The van der Waals surface area contributed by atoms with Gasteiger partial charge in [0.1, 0.15) is 5.82 Å². The van der Waals surface area contributed by atoms with Gasteiger partial charge in [0.15, 0.2) is 0 Å². The van der Waals surface area contributed by atoms with Crippen LogP contribution in [0.25, 0.3) is 0 Å². The minimum atomic E-state index is 0.198. The molecule has 0 bridgehead atoms. The van der Waals surface area contributed by atoms with Crippen molar-refractivity contribution in [2.24, 2.45) is 5.92 Å². The number of piperidine rings is 1. The summed E-state index contributed by atoms with van der Waals surface area (Å²) in [5.41, 5.74) is 1.21. The van der Waals surface area contributed by atoms with E-state index in [0.29, 0.717) is 5.91 Å². The van der Waals surface area contributed by atoms with Crippen LogP contribution in [0.4, 0.5) is 5.82 Å². The molecule has 120 valence electrons. The van der Waals surface area contributed by atoms with Crippen LogP contribution in [0.5, 0.6) is 0 Å². The summed E-state index contributed by atoms with van der Waals surface area (Å²) in [4.78, 5) is 23.8. The third kappa shape index (κ3) is 3.24. The topological polar surface area (TPSA) is 39.7 Å². The zero-order valence-corrected chi connectivity index (χ0v) is 13.7. The van der Waals surface area contributed by atoms with Crippen LogP contribution in [-0.4, -0.2) is 67.0 Å². The van der Waals surface area contributed by atoms with Gasteiger partial charge in [0, 0.05) is 51.4 Å². The van der Waals surface area contributed by atoms with E-state index in [1.54, 1.807) is 0 Å². The number of pyridine rings is 1. The van der Waals surface area contributed by atoms with Crippen molar-refractivity contribution in [3.63, 3.8) is 0 Å². The summed E-state index contributed by atoms with van der Waals surface area (Å²) in [7, 11) is 2.12. The van der Waals surface area contributed by atoms with Crippen LogP contribution < -0.4 is 4.90 Å². The third-order valence-corrected chi connectivity index (χ3v) is 4.94. The van der Waals surface area contributed by atoms with Gasteiger partial charge in [-0.2, -0.15) is 0 Å². The molecule has 3 heterocycles. The van der Waals surface area contributed by atoms with E-state index in [0.717, 1.165) is 57.9 Å². The summed E-state index contributed by atoms with van der Waals surface area (Å²) in [6.45, 7) is 7.73. The quantitative estimate of drug-likeness (QED) is 0.827. The first kappa shape index (κ1) is 15.3. The molecule has 2 saturated heterocycles. The van der Waals surface area contributed by atoms with E-state index >= 15 is 0 Å². The number of hydrogen-bond acceptors (Lipinski definition) is 4. The van der Waals surface area contributed by atoms with Crippen LogP contribution in [-0.2, 0) is 4.79 Å². The Hall–Kier alpha value is -1.62. The van der Waals surface area contributed by atoms with Crippen molar-refractivity contribution in [2.45, 2.75) is 19.8 Å². The van der Waals surface area contributed by atoms with Crippen molar-refractivity contribution in [3.8, 4) is 0 Å². The predicted octanol–water partition coefficient (Wildman–Crippen LogP) is 1.38. The number of carbonyl (C=O) groups is 1. The lowest BCUT2D eigenvalue weighted by Gasteiger charge is -2.38. The maximum atomic E-state index is 12.6. The van der Waals surface area contributed by atoms with Crippen molar-refractivity contribution in [1.82, 2.24) is 14.8 Å². The Balaban J connectivity index is 1.55. The number of likely N-dealkylation sites (N-methyl/N-ethyl adjacent to an activating group) is 1. The lowest BCUT2D eigenvalue weighted by Crippen LogP contribution is -2.50. The molecule has 0 N–H and O–H groups in total. The number of amides is 1. The van der Waals surface area contributed by atoms with E-state index in [1.165, 1.54) is 5.56 Å². The van der Waals surface area contributed by atoms with Crippen LogP contribution >= 0.6 is 0 Å². The van der Waals surface area contributed by atoms with Gasteiger partial charge in [-0.3, -0.25) is 4.79 Å². The van der Waals surface area contributed by atoms with Crippen molar-refractivity contribution in [3.05, 3.63) is 23.9 Å². The summed E-state index contributed by atoms with van der Waals surface area (Å²) in [6, 6.07) is 4.08. The average molecular weight is 302 g/mol. The molecule has 1 aromatic heterocycles. The zero-order valence-electron chi connectivity index (χ0n) is 13.7. The number of hydrogen-bond donors (Lipinski definition) is 0. The molecule has 2 fully saturated rings. The van der Waals surface area contributed by atoms with Crippen molar-refractivity contribution < 1.29 is 4.79 Å². The molecule has 0 saturated carbocycles. The molecule has 5 nitrogen and oxygen atoms in total. The molecule has 0 spiro atoms. The van der Waals surface area contributed by atoms with E-state index in [-0.39, 0.29) is 5.92 Å². The van der Waals surface area contributed by atoms with Crippen molar-refractivity contribution in [1.29, 1.82) is 0 Å². The summed E-state index contributed by atoms with van der Waals surface area (Å²) in [5.74, 6) is 1.64. The number of aryl methyl sites for hydroxylation is 1. The molecule has 22 heavy (non-hydrogen) atoms. The number of piperazine rings is 1. The van der Waals surface area contributed by atoms with Crippen LogP contribution in [0.2, 0.25) is 0 Å². The highest BCUT2D eigenvalue weighted by atomic mass is 16.2. The van der Waals surface area contributed by atoms with Gasteiger partial charge >= 0.3 is 0 Å².